The highest BCUT2D eigenvalue weighted by Crippen LogP contribution is 2.22. The molecule has 3 nitrogen and oxygen atoms in total. The number of nitrogens with zero attached hydrogens (tertiary/aromatic N) is 1. The Hall–Kier alpha value is -0.560. The molecule has 0 aromatic heterocycles. The molecule has 1 aromatic carbocycles. The van der Waals surface area contributed by atoms with E-state index < -0.39 is 11.6 Å². The smallest absolute Gasteiger partial charge is 0.144 e. The minimum absolute atomic E-state index is 0.00562. The fraction of sp³-hybridized carbons (Fsp3) is 0.500. The first kappa shape index (κ1) is 15.5. The highest BCUT2D eigenvalue weighted by molar-refractivity contribution is 9.10. The minimum Gasteiger partial charge on any atom is -0.395 e. The quantitative estimate of drug-likeness (QED) is 0.781. The molecule has 0 spiro atoms. The molecule has 6 heteroatoms. The Kier molecular flexibility index (Phi) is 6.70. The normalized spacial score (nSPS) is 11.2. The zero-order valence-corrected chi connectivity index (χ0v) is 11.7. The zero-order chi connectivity index (χ0) is 13.5. The number of methoxy groups -OCH3 is 1. The van der Waals surface area contributed by atoms with Crippen LogP contribution in [-0.2, 0) is 11.3 Å². The van der Waals surface area contributed by atoms with Crippen molar-refractivity contribution in [2.45, 2.75) is 6.54 Å². The molecule has 102 valence electrons. The third-order valence-corrected chi connectivity index (χ3v) is 3.16. The fourth-order valence-electron chi connectivity index (χ4n) is 1.57. The average molecular weight is 324 g/mol. The van der Waals surface area contributed by atoms with E-state index in [1.807, 2.05) is 0 Å². The molecule has 0 saturated heterocycles. The lowest BCUT2D eigenvalue weighted by Crippen LogP contribution is -2.30. The largest absolute Gasteiger partial charge is 0.395 e. The van der Waals surface area contributed by atoms with Gasteiger partial charge in [-0.2, -0.15) is 0 Å². The number of halogens is 3. The predicted octanol–water partition coefficient (Wildman–Crippen LogP) is 2.17. The van der Waals surface area contributed by atoms with Gasteiger partial charge >= 0.3 is 0 Å². The van der Waals surface area contributed by atoms with E-state index in [0.29, 0.717) is 19.7 Å². The summed E-state index contributed by atoms with van der Waals surface area (Å²) in [4.78, 5) is 1.73. The first-order valence-electron chi connectivity index (χ1n) is 5.54. The summed E-state index contributed by atoms with van der Waals surface area (Å²) in [5.74, 6) is -1.19. The van der Waals surface area contributed by atoms with Crippen molar-refractivity contribution in [2.75, 3.05) is 33.4 Å². The molecule has 1 N–H and O–H groups in total. The van der Waals surface area contributed by atoms with Gasteiger partial charge in [-0.15, -0.1) is 0 Å². The Morgan fingerprint density at radius 2 is 2.06 bits per heavy atom. The maximum atomic E-state index is 13.8. The summed E-state index contributed by atoms with van der Waals surface area (Å²) in [6.45, 7) is 1.32. The van der Waals surface area contributed by atoms with Crippen molar-refractivity contribution < 1.29 is 18.6 Å². The lowest BCUT2D eigenvalue weighted by Gasteiger charge is -2.21. The van der Waals surface area contributed by atoms with Crippen LogP contribution in [0.2, 0.25) is 0 Å². The molecule has 0 heterocycles. The van der Waals surface area contributed by atoms with E-state index in [2.05, 4.69) is 15.9 Å². The summed E-state index contributed by atoms with van der Waals surface area (Å²) in [6, 6.07) is 2.55. The summed E-state index contributed by atoms with van der Waals surface area (Å²) >= 11 is 3.03. The molecule has 0 aliphatic heterocycles. The second kappa shape index (κ2) is 7.78. The minimum atomic E-state index is -0.602. The Morgan fingerprint density at radius 1 is 1.33 bits per heavy atom. The fourth-order valence-corrected chi connectivity index (χ4v) is 1.94. The molecule has 0 saturated carbocycles. The molecule has 0 unspecified atom stereocenters. The molecular formula is C12H16BrF2NO2. The summed E-state index contributed by atoms with van der Waals surface area (Å²) in [5, 5.41) is 8.93. The monoisotopic (exact) mass is 323 g/mol. The summed E-state index contributed by atoms with van der Waals surface area (Å²) in [7, 11) is 1.55. The number of hydrogen-bond acceptors (Lipinski definition) is 3. The van der Waals surface area contributed by atoms with Gasteiger partial charge in [0.25, 0.3) is 0 Å². The molecule has 0 aliphatic rings. The predicted molar refractivity (Wildman–Crippen MR) is 68.3 cm³/mol. The van der Waals surface area contributed by atoms with Gasteiger partial charge in [0, 0.05) is 32.3 Å². The molecule has 0 aliphatic carbocycles. The van der Waals surface area contributed by atoms with Crippen molar-refractivity contribution >= 4 is 15.9 Å². The molecule has 1 rings (SSSR count). The van der Waals surface area contributed by atoms with Crippen molar-refractivity contribution in [1.82, 2.24) is 4.90 Å². The second-order valence-corrected chi connectivity index (χ2v) is 4.67. The van der Waals surface area contributed by atoms with Crippen LogP contribution in [0.3, 0.4) is 0 Å². The van der Waals surface area contributed by atoms with Crippen molar-refractivity contribution in [1.29, 1.82) is 0 Å². The van der Waals surface area contributed by atoms with E-state index in [1.165, 1.54) is 12.1 Å². The van der Waals surface area contributed by atoms with Crippen LogP contribution >= 0.6 is 15.9 Å². The van der Waals surface area contributed by atoms with E-state index >= 15 is 0 Å². The van der Waals surface area contributed by atoms with Crippen LogP contribution in [0.15, 0.2) is 16.6 Å². The number of hydrogen-bond donors (Lipinski definition) is 1. The van der Waals surface area contributed by atoms with Crippen molar-refractivity contribution in [3.63, 3.8) is 0 Å². The third kappa shape index (κ3) is 4.28. The van der Waals surface area contributed by atoms with Crippen LogP contribution in [0.1, 0.15) is 5.56 Å². The molecular weight excluding hydrogens is 308 g/mol. The van der Waals surface area contributed by atoms with Crippen LogP contribution < -0.4 is 0 Å². The third-order valence-electron chi connectivity index (χ3n) is 2.55. The standard InChI is InChI=1S/C12H16BrF2NO2/c1-18-7-5-16(4-6-17)8-9-11(14)3-2-10(13)12(9)15/h2-3,17H,4-8H2,1H3. The molecule has 0 bridgehead atoms. The van der Waals surface area contributed by atoms with Crippen LogP contribution in [0, 0.1) is 11.6 Å². The summed E-state index contributed by atoms with van der Waals surface area (Å²) in [5.41, 5.74) is -0.00562. The maximum Gasteiger partial charge on any atom is 0.144 e. The lowest BCUT2D eigenvalue weighted by molar-refractivity contribution is 0.125. The van der Waals surface area contributed by atoms with Gasteiger partial charge in [-0.25, -0.2) is 8.78 Å². The van der Waals surface area contributed by atoms with Crippen LogP contribution in [0.4, 0.5) is 8.78 Å². The summed E-state index contributed by atoms with van der Waals surface area (Å²) in [6.07, 6.45) is 0. The first-order valence-corrected chi connectivity index (χ1v) is 6.34. The van der Waals surface area contributed by atoms with Gasteiger partial charge in [-0.1, -0.05) is 0 Å². The highest BCUT2D eigenvalue weighted by atomic mass is 79.9. The molecule has 18 heavy (non-hydrogen) atoms. The van der Waals surface area contributed by atoms with E-state index in [1.54, 1.807) is 12.0 Å². The Bertz CT molecular complexity index is 391. The Morgan fingerprint density at radius 3 is 2.67 bits per heavy atom. The SMILES string of the molecule is COCCN(CCO)Cc1c(F)ccc(Br)c1F. The Balaban J connectivity index is 2.82. The van der Waals surface area contributed by atoms with Gasteiger partial charge < -0.3 is 9.84 Å². The van der Waals surface area contributed by atoms with Crippen molar-refractivity contribution in [3.05, 3.63) is 33.8 Å². The van der Waals surface area contributed by atoms with E-state index in [9.17, 15) is 8.78 Å². The van der Waals surface area contributed by atoms with Gasteiger partial charge in [0.1, 0.15) is 11.6 Å². The number of rotatable bonds is 7. The molecule has 1 aromatic rings. The van der Waals surface area contributed by atoms with Crippen LogP contribution in [0.25, 0.3) is 0 Å². The lowest BCUT2D eigenvalue weighted by atomic mass is 10.2. The number of benzene rings is 1. The second-order valence-electron chi connectivity index (χ2n) is 3.81. The van der Waals surface area contributed by atoms with Crippen LogP contribution in [0.5, 0.6) is 0 Å². The van der Waals surface area contributed by atoms with E-state index in [0.717, 1.165) is 0 Å². The highest BCUT2D eigenvalue weighted by Gasteiger charge is 2.15. The van der Waals surface area contributed by atoms with E-state index in [-0.39, 0.29) is 23.2 Å². The first-order chi connectivity index (χ1) is 8.60. The topological polar surface area (TPSA) is 32.7 Å². The number of ether oxygens (including phenoxy) is 1. The average Bonchev–Trinajstić information content (AvgIpc) is 2.36. The van der Waals surface area contributed by atoms with Gasteiger partial charge in [-0.05, 0) is 28.1 Å². The van der Waals surface area contributed by atoms with Crippen molar-refractivity contribution in [2.24, 2.45) is 0 Å². The molecule has 0 fully saturated rings. The summed E-state index contributed by atoms with van der Waals surface area (Å²) < 4.78 is 32.5. The van der Waals surface area contributed by atoms with Gasteiger partial charge in [0.2, 0.25) is 0 Å². The number of aliphatic hydroxyl groups is 1. The zero-order valence-electron chi connectivity index (χ0n) is 10.1. The number of aliphatic hydroxyl groups excluding tert-OH is 1. The molecule has 0 atom stereocenters. The van der Waals surface area contributed by atoms with Gasteiger partial charge in [0.05, 0.1) is 17.7 Å². The Labute approximate surface area is 113 Å². The van der Waals surface area contributed by atoms with Gasteiger partial charge in [0.15, 0.2) is 0 Å². The maximum absolute atomic E-state index is 13.8. The molecule has 0 radical (unpaired) electrons. The van der Waals surface area contributed by atoms with Gasteiger partial charge in [-0.3, -0.25) is 4.90 Å². The van der Waals surface area contributed by atoms with E-state index in [4.69, 9.17) is 9.84 Å². The van der Waals surface area contributed by atoms with Crippen LogP contribution in [-0.4, -0.2) is 43.4 Å². The molecule has 0 amide bonds. The van der Waals surface area contributed by atoms with Crippen molar-refractivity contribution in [3.8, 4) is 0 Å².